The molecule has 0 fully saturated rings. The van der Waals surface area contributed by atoms with Crippen LogP contribution in [0.3, 0.4) is 0 Å². The smallest absolute Gasteiger partial charge is 0.224 e. The molecule has 0 radical (unpaired) electrons. The summed E-state index contributed by atoms with van der Waals surface area (Å²) in [4.78, 5) is 16.1. The highest BCUT2D eigenvalue weighted by Crippen LogP contribution is 2.18. The Balaban J connectivity index is 1.52. The number of amides is 1. The van der Waals surface area contributed by atoms with Crippen molar-refractivity contribution in [3.63, 3.8) is 0 Å². The molecule has 0 bridgehead atoms. The summed E-state index contributed by atoms with van der Waals surface area (Å²) in [5.74, 6) is 0.0713. The molecule has 0 unspecified atom stereocenters. The van der Waals surface area contributed by atoms with Crippen LogP contribution < -0.4 is 5.32 Å². The van der Waals surface area contributed by atoms with Crippen LogP contribution in [0.15, 0.2) is 61.2 Å². The maximum Gasteiger partial charge on any atom is 0.224 e. The van der Waals surface area contributed by atoms with E-state index >= 15 is 0 Å². The summed E-state index contributed by atoms with van der Waals surface area (Å²) in [5.41, 5.74) is 1.07. The molecule has 0 atom stereocenters. The van der Waals surface area contributed by atoms with Crippen molar-refractivity contribution < 1.29 is 4.79 Å². The first-order valence-corrected chi connectivity index (χ1v) is 7.52. The normalized spacial score (nSPS) is 10.7. The molecule has 3 aromatic rings. The minimum Gasteiger partial charge on any atom is -0.356 e. The van der Waals surface area contributed by atoms with Crippen molar-refractivity contribution in [1.82, 2.24) is 14.9 Å². The number of aryl methyl sites for hydroxylation is 1. The third-order valence-electron chi connectivity index (χ3n) is 3.71. The molecular weight excluding hydrogens is 274 g/mol. The summed E-state index contributed by atoms with van der Waals surface area (Å²) in [6.07, 6.45) is 6.80. The van der Waals surface area contributed by atoms with E-state index in [1.165, 1.54) is 5.39 Å². The van der Waals surface area contributed by atoms with E-state index in [9.17, 15) is 4.79 Å². The maximum atomic E-state index is 12.1. The number of imidazole rings is 1. The number of hydrogen-bond donors (Lipinski definition) is 1. The Morgan fingerprint density at radius 1 is 1.14 bits per heavy atom. The van der Waals surface area contributed by atoms with Gasteiger partial charge >= 0.3 is 0 Å². The summed E-state index contributed by atoms with van der Waals surface area (Å²) in [6, 6.07) is 14.3. The first-order chi connectivity index (χ1) is 10.8. The fourth-order valence-electron chi connectivity index (χ4n) is 2.59. The standard InChI is InChI=1S/C18H19N3O/c22-18(20-9-4-11-21-12-10-19-14-21)13-16-7-3-6-15-5-1-2-8-17(15)16/h1-3,5-8,10,12,14H,4,9,11,13H2,(H,20,22). The largest absolute Gasteiger partial charge is 0.356 e. The molecule has 112 valence electrons. The number of fused-ring (bicyclic) bond motifs is 1. The molecule has 2 aromatic carbocycles. The van der Waals surface area contributed by atoms with Crippen molar-refractivity contribution in [3.8, 4) is 0 Å². The van der Waals surface area contributed by atoms with E-state index in [1.807, 2.05) is 35.0 Å². The molecule has 0 saturated carbocycles. The van der Waals surface area contributed by atoms with Gasteiger partial charge in [-0.15, -0.1) is 0 Å². The van der Waals surface area contributed by atoms with Crippen LogP contribution in [0.1, 0.15) is 12.0 Å². The molecule has 1 amide bonds. The molecule has 0 spiro atoms. The summed E-state index contributed by atoms with van der Waals surface area (Å²) in [6.45, 7) is 1.55. The van der Waals surface area contributed by atoms with Gasteiger partial charge < -0.3 is 9.88 Å². The van der Waals surface area contributed by atoms with E-state index in [1.54, 1.807) is 12.5 Å². The minimum atomic E-state index is 0.0713. The van der Waals surface area contributed by atoms with E-state index in [-0.39, 0.29) is 5.91 Å². The maximum absolute atomic E-state index is 12.1. The van der Waals surface area contributed by atoms with E-state index in [0.717, 1.165) is 23.9 Å². The SMILES string of the molecule is O=C(Cc1cccc2ccccc12)NCCCn1ccnc1. The first-order valence-electron chi connectivity index (χ1n) is 7.52. The Bertz CT molecular complexity index is 745. The quantitative estimate of drug-likeness (QED) is 0.710. The lowest BCUT2D eigenvalue weighted by atomic mass is 10.0. The molecule has 0 aliphatic carbocycles. The highest BCUT2D eigenvalue weighted by Gasteiger charge is 2.06. The zero-order chi connectivity index (χ0) is 15.2. The molecule has 1 N–H and O–H groups in total. The molecule has 1 aromatic heterocycles. The van der Waals surface area contributed by atoms with Crippen LogP contribution in [-0.2, 0) is 17.8 Å². The van der Waals surface area contributed by atoms with Gasteiger partial charge in [0.25, 0.3) is 0 Å². The van der Waals surface area contributed by atoms with Gasteiger partial charge in [0.15, 0.2) is 0 Å². The van der Waals surface area contributed by atoms with Crippen LogP contribution in [0.25, 0.3) is 10.8 Å². The number of benzene rings is 2. The molecule has 0 aliphatic heterocycles. The fraction of sp³-hybridized carbons (Fsp3) is 0.222. The average Bonchev–Trinajstić information content (AvgIpc) is 3.05. The van der Waals surface area contributed by atoms with Crippen molar-refractivity contribution >= 4 is 16.7 Å². The summed E-state index contributed by atoms with van der Waals surface area (Å²) in [7, 11) is 0. The summed E-state index contributed by atoms with van der Waals surface area (Å²) >= 11 is 0. The second kappa shape index (κ2) is 6.89. The van der Waals surface area contributed by atoms with Crippen LogP contribution in [-0.4, -0.2) is 22.0 Å². The molecular formula is C18H19N3O. The van der Waals surface area contributed by atoms with Crippen molar-refractivity contribution in [3.05, 3.63) is 66.7 Å². The van der Waals surface area contributed by atoms with Crippen molar-refractivity contribution in [2.75, 3.05) is 6.54 Å². The first kappa shape index (κ1) is 14.3. The predicted molar refractivity (Wildman–Crippen MR) is 87.5 cm³/mol. The van der Waals surface area contributed by atoms with Crippen LogP contribution in [0.4, 0.5) is 0 Å². The Kier molecular flexibility index (Phi) is 4.49. The average molecular weight is 293 g/mol. The Morgan fingerprint density at radius 3 is 2.86 bits per heavy atom. The second-order valence-corrected chi connectivity index (χ2v) is 5.32. The van der Waals surface area contributed by atoms with Crippen LogP contribution >= 0.6 is 0 Å². The summed E-state index contributed by atoms with van der Waals surface area (Å²) in [5, 5.41) is 5.31. The van der Waals surface area contributed by atoms with Gasteiger partial charge in [-0.2, -0.15) is 0 Å². The number of rotatable bonds is 6. The van der Waals surface area contributed by atoms with E-state index in [0.29, 0.717) is 13.0 Å². The van der Waals surface area contributed by atoms with Gasteiger partial charge in [-0.25, -0.2) is 4.98 Å². The molecule has 4 nitrogen and oxygen atoms in total. The van der Waals surface area contributed by atoms with E-state index in [4.69, 9.17) is 0 Å². The lowest BCUT2D eigenvalue weighted by molar-refractivity contribution is -0.120. The zero-order valence-corrected chi connectivity index (χ0v) is 12.4. The Labute approximate surface area is 129 Å². The van der Waals surface area contributed by atoms with E-state index in [2.05, 4.69) is 28.5 Å². The number of aromatic nitrogens is 2. The van der Waals surface area contributed by atoms with Gasteiger partial charge in [-0.05, 0) is 22.8 Å². The highest BCUT2D eigenvalue weighted by molar-refractivity contribution is 5.90. The van der Waals surface area contributed by atoms with Crippen LogP contribution in [0.5, 0.6) is 0 Å². The number of hydrogen-bond acceptors (Lipinski definition) is 2. The van der Waals surface area contributed by atoms with Gasteiger partial charge in [0.2, 0.25) is 5.91 Å². The van der Waals surface area contributed by atoms with Crippen LogP contribution in [0, 0.1) is 0 Å². The minimum absolute atomic E-state index is 0.0713. The molecule has 0 saturated heterocycles. The monoisotopic (exact) mass is 293 g/mol. The Morgan fingerprint density at radius 2 is 2.00 bits per heavy atom. The van der Waals surface area contributed by atoms with Crippen molar-refractivity contribution in [2.45, 2.75) is 19.4 Å². The number of nitrogens with one attached hydrogen (secondary N) is 1. The third kappa shape index (κ3) is 3.52. The highest BCUT2D eigenvalue weighted by atomic mass is 16.1. The van der Waals surface area contributed by atoms with Gasteiger partial charge in [0, 0.05) is 25.5 Å². The lowest BCUT2D eigenvalue weighted by Gasteiger charge is -2.08. The Hall–Kier alpha value is -2.62. The topological polar surface area (TPSA) is 46.9 Å². The predicted octanol–water partition coefficient (Wildman–Crippen LogP) is 2.79. The number of nitrogens with zero attached hydrogens (tertiary/aromatic N) is 2. The van der Waals surface area contributed by atoms with Gasteiger partial charge in [-0.3, -0.25) is 4.79 Å². The van der Waals surface area contributed by atoms with Gasteiger partial charge in [0.05, 0.1) is 12.7 Å². The molecule has 1 heterocycles. The van der Waals surface area contributed by atoms with Crippen molar-refractivity contribution in [1.29, 1.82) is 0 Å². The second-order valence-electron chi connectivity index (χ2n) is 5.32. The van der Waals surface area contributed by atoms with E-state index < -0.39 is 0 Å². The number of carbonyl (C=O) groups is 1. The molecule has 3 rings (SSSR count). The zero-order valence-electron chi connectivity index (χ0n) is 12.4. The van der Waals surface area contributed by atoms with Crippen molar-refractivity contribution in [2.24, 2.45) is 0 Å². The van der Waals surface area contributed by atoms with Crippen LogP contribution in [0.2, 0.25) is 0 Å². The molecule has 4 heteroatoms. The summed E-state index contributed by atoms with van der Waals surface area (Å²) < 4.78 is 2.01. The number of carbonyl (C=O) groups excluding carboxylic acids is 1. The molecule has 0 aliphatic rings. The fourth-order valence-corrected chi connectivity index (χ4v) is 2.59. The lowest BCUT2D eigenvalue weighted by Crippen LogP contribution is -2.26. The van der Waals surface area contributed by atoms with Gasteiger partial charge in [-0.1, -0.05) is 42.5 Å². The van der Waals surface area contributed by atoms with Gasteiger partial charge in [0.1, 0.15) is 0 Å². The third-order valence-corrected chi connectivity index (χ3v) is 3.71. The molecule has 22 heavy (non-hydrogen) atoms.